The van der Waals surface area contributed by atoms with Gasteiger partial charge in [0.25, 0.3) is 17.1 Å². The Morgan fingerprint density at radius 1 is 0.850 bits per heavy atom. The SMILES string of the molecule is CCOc1cc(/C=C2/SC(=O)N(CC(=O)Nc3cccc(C)c3)C2=O)ccc1OCC(=O)Nc1cccc(C)c1. The predicted molar refractivity (Wildman–Crippen MR) is 155 cm³/mol. The number of carbonyl (C=O) groups excluding carboxylic acids is 4. The number of nitrogens with one attached hydrogen (secondary N) is 2. The van der Waals surface area contributed by atoms with E-state index in [1.807, 2.05) is 45.0 Å². The Hall–Kier alpha value is -4.57. The number of amides is 4. The minimum Gasteiger partial charge on any atom is -0.490 e. The fraction of sp³-hybridized carbons (Fsp3) is 0.200. The van der Waals surface area contributed by atoms with E-state index in [-0.39, 0.29) is 17.4 Å². The summed E-state index contributed by atoms with van der Waals surface area (Å²) in [5, 5.41) is 4.97. The van der Waals surface area contributed by atoms with Crippen LogP contribution in [-0.2, 0) is 14.4 Å². The summed E-state index contributed by atoms with van der Waals surface area (Å²) in [6.45, 7) is 5.38. The molecule has 0 spiro atoms. The number of hydrogen-bond donors (Lipinski definition) is 2. The van der Waals surface area contributed by atoms with Crippen molar-refractivity contribution in [1.82, 2.24) is 4.90 Å². The van der Waals surface area contributed by atoms with Crippen molar-refractivity contribution >= 4 is 52.2 Å². The van der Waals surface area contributed by atoms with Crippen molar-refractivity contribution in [3.63, 3.8) is 0 Å². The summed E-state index contributed by atoms with van der Waals surface area (Å²) < 4.78 is 11.4. The molecule has 40 heavy (non-hydrogen) atoms. The molecule has 206 valence electrons. The van der Waals surface area contributed by atoms with Crippen LogP contribution >= 0.6 is 11.8 Å². The second kappa shape index (κ2) is 13.0. The fourth-order valence-electron chi connectivity index (χ4n) is 3.92. The predicted octanol–water partition coefficient (Wildman–Crippen LogP) is 5.39. The Balaban J connectivity index is 1.40. The maximum atomic E-state index is 12.9. The maximum absolute atomic E-state index is 12.9. The molecule has 0 radical (unpaired) electrons. The molecule has 3 aromatic rings. The van der Waals surface area contributed by atoms with Crippen LogP contribution < -0.4 is 20.1 Å². The highest BCUT2D eigenvalue weighted by Gasteiger charge is 2.36. The number of carbonyl (C=O) groups is 4. The first-order valence-electron chi connectivity index (χ1n) is 12.6. The summed E-state index contributed by atoms with van der Waals surface area (Å²) in [6, 6.07) is 19.7. The molecule has 0 bridgehead atoms. The Morgan fingerprint density at radius 2 is 1.50 bits per heavy atom. The molecule has 1 aliphatic rings. The zero-order valence-corrected chi connectivity index (χ0v) is 23.2. The molecule has 4 amide bonds. The molecule has 2 N–H and O–H groups in total. The first-order chi connectivity index (χ1) is 19.2. The van der Waals surface area contributed by atoms with Gasteiger partial charge in [0, 0.05) is 11.4 Å². The molecule has 0 aromatic heterocycles. The highest BCUT2D eigenvalue weighted by molar-refractivity contribution is 8.18. The summed E-state index contributed by atoms with van der Waals surface area (Å²) >= 11 is 0.760. The van der Waals surface area contributed by atoms with Crippen molar-refractivity contribution in [2.24, 2.45) is 0 Å². The molecule has 10 heteroatoms. The van der Waals surface area contributed by atoms with E-state index in [4.69, 9.17) is 9.47 Å². The van der Waals surface area contributed by atoms with E-state index >= 15 is 0 Å². The van der Waals surface area contributed by atoms with E-state index in [0.717, 1.165) is 27.8 Å². The van der Waals surface area contributed by atoms with Gasteiger partial charge in [-0.1, -0.05) is 30.3 Å². The summed E-state index contributed by atoms with van der Waals surface area (Å²) in [5.41, 5.74) is 3.85. The average Bonchev–Trinajstić information content (AvgIpc) is 3.15. The number of benzene rings is 3. The van der Waals surface area contributed by atoms with Crippen LogP contribution in [0.4, 0.5) is 16.2 Å². The Kier molecular flexibility index (Phi) is 9.23. The molecule has 0 unspecified atom stereocenters. The van der Waals surface area contributed by atoms with E-state index in [1.165, 1.54) is 0 Å². The lowest BCUT2D eigenvalue weighted by atomic mass is 10.2. The molecule has 1 heterocycles. The first-order valence-corrected chi connectivity index (χ1v) is 13.4. The first kappa shape index (κ1) is 28.4. The van der Waals surface area contributed by atoms with E-state index in [9.17, 15) is 19.2 Å². The highest BCUT2D eigenvalue weighted by atomic mass is 32.2. The van der Waals surface area contributed by atoms with Gasteiger partial charge in [-0.15, -0.1) is 0 Å². The third-order valence-corrected chi connectivity index (χ3v) is 6.61. The van der Waals surface area contributed by atoms with E-state index in [1.54, 1.807) is 48.5 Å². The van der Waals surface area contributed by atoms with Gasteiger partial charge in [-0.05, 0) is 91.7 Å². The van der Waals surface area contributed by atoms with Crippen LogP contribution in [0.2, 0.25) is 0 Å². The molecule has 0 aliphatic carbocycles. The van der Waals surface area contributed by atoms with Crippen LogP contribution in [0.15, 0.2) is 71.6 Å². The topological polar surface area (TPSA) is 114 Å². The number of anilines is 2. The van der Waals surface area contributed by atoms with Gasteiger partial charge in [0.2, 0.25) is 5.91 Å². The number of imide groups is 1. The van der Waals surface area contributed by atoms with Gasteiger partial charge < -0.3 is 20.1 Å². The minimum atomic E-state index is -0.555. The smallest absolute Gasteiger partial charge is 0.294 e. The summed E-state index contributed by atoms with van der Waals surface area (Å²) in [7, 11) is 0. The van der Waals surface area contributed by atoms with Crippen molar-refractivity contribution in [3.8, 4) is 11.5 Å². The molecule has 1 fully saturated rings. The van der Waals surface area contributed by atoms with E-state index in [0.29, 0.717) is 35.0 Å². The number of nitrogens with zero attached hydrogens (tertiary/aromatic N) is 1. The summed E-state index contributed by atoms with van der Waals surface area (Å²) in [6.07, 6.45) is 1.56. The molecule has 9 nitrogen and oxygen atoms in total. The Labute approximate surface area is 236 Å². The largest absolute Gasteiger partial charge is 0.490 e. The molecule has 4 rings (SSSR count). The van der Waals surface area contributed by atoms with Crippen LogP contribution in [0, 0.1) is 13.8 Å². The maximum Gasteiger partial charge on any atom is 0.294 e. The molecule has 1 aliphatic heterocycles. The normalized spacial score (nSPS) is 13.9. The van der Waals surface area contributed by atoms with Crippen LogP contribution in [0.3, 0.4) is 0 Å². The number of rotatable bonds is 10. The zero-order chi connectivity index (χ0) is 28.6. The Bertz CT molecular complexity index is 1490. The van der Waals surface area contributed by atoms with Gasteiger partial charge >= 0.3 is 0 Å². The van der Waals surface area contributed by atoms with E-state index in [2.05, 4.69) is 10.6 Å². The molecular weight excluding hydrogens is 530 g/mol. The van der Waals surface area contributed by atoms with Crippen LogP contribution in [0.25, 0.3) is 6.08 Å². The second-order valence-electron chi connectivity index (χ2n) is 9.03. The molecule has 1 saturated heterocycles. The van der Waals surface area contributed by atoms with Crippen LogP contribution in [-0.4, -0.2) is 47.6 Å². The third-order valence-electron chi connectivity index (χ3n) is 5.70. The fourth-order valence-corrected chi connectivity index (χ4v) is 4.76. The number of hydrogen-bond acceptors (Lipinski definition) is 7. The number of ether oxygens (including phenoxy) is 2. The molecule has 0 atom stereocenters. The molecular formula is C30H29N3O6S. The van der Waals surface area contributed by atoms with Crippen molar-refractivity contribution in [2.45, 2.75) is 20.8 Å². The lowest BCUT2D eigenvalue weighted by molar-refractivity contribution is -0.127. The molecule has 0 saturated carbocycles. The summed E-state index contributed by atoms with van der Waals surface area (Å²) in [4.78, 5) is 51.4. The quantitative estimate of drug-likeness (QED) is 0.320. The summed E-state index contributed by atoms with van der Waals surface area (Å²) in [5.74, 6) is -0.603. The van der Waals surface area contributed by atoms with Gasteiger partial charge in [0.05, 0.1) is 11.5 Å². The minimum absolute atomic E-state index is 0.182. The zero-order valence-electron chi connectivity index (χ0n) is 22.4. The van der Waals surface area contributed by atoms with Crippen LogP contribution in [0.5, 0.6) is 11.5 Å². The van der Waals surface area contributed by atoms with Gasteiger partial charge in [0.15, 0.2) is 18.1 Å². The number of aryl methyl sites for hydroxylation is 2. The van der Waals surface area contributed by atoms with Gasteiger partial charge in [-0.3, -0.25) is 24.1 Å². The number of thioether (sulfide) groups is 1. The van der Waals surface area contributed by atoms with Gasteiger partial charge in [-0.2, -0.15) is 0 Å². The van der Waals surface area contributed by atoms with Crippen molar-refractivity contribution < 1.29 is 28.7 Å². The molecule has 3 aromatic carbocycles. The average molecular weight is 560 g/mol. The highest BCUT2D eigenvalue weighted by Crippen LogP contribution is 2.34. The van der Waals surface area contributed by atoms with Gasteiger partial charge in [-0.25, -0.2) is 0 Å². The van der Waals surface area contributed by atoms with Gasteiger partial charge in [0.1, 0.15) is 6.54 Å². The van der Waals surface area contributed by atoms with Crippen molar-refractivity contribution in [2.75, 3.05) is 30.4 Å². The third kappa shape index (κ3) is 7.51. The lowest BCUT2D eigenvalue weighted by Gasteiger charge is -2.13. The Morgan fingerprint density at radius 3 is 2.12 bits per heavy atom. The monoisotopic (exact) mass is 559 g/mol. The standard InChI is InChI=1S/C30H29N3O6S/c1-4-38-25-15-21(11-12-24(25)39-18-28(35)32-23-10-6-8-20(3)14-23)16-26-29(36)33(30(37)40-26)17-27(34)31-22-9-5-7-19(2)13-22/h5-16H,4,17-18H2,1-3H3,(H,31,34)(H,32,35)/b26-16+. The van der Waals surface area contributed by atoms with E-state index < -0.39 is 23.6 Å². The second-order valence-corrected chi connectivity index (χ2v) is 10.0. The van der Waals surface area contributed by atoms with Crippen molar-refractivity contribution in [1.29, 1.82) is 0 Å². The lowest BCUT2D eigenvalue weighted by Crippen LogP contribution is -2.36. The van der Waals surface area contributed by atoms with Crippen LogP contribution in [0.1, 0.15) is 23.6 Å². The van der Waals surface area contributed by atoms with Crippen molar-refractivity contribution in [3.05, 3.63) is 88.3 Å².